The standard InChI is InChI=1S/C13H13N3O2S/c1-8-15-11(7-19-8)6-12(17)16-10-4-2-9(3-5-10)13(14)18/h2-5,7H,6H2,1H3,(H2,14,18)(H,16,17). The first-order valence-corrected chi connectivity index (χ1v) is 6.53. The van der Waals surface area contributed by atoms with Crippen LogP contribution in [0.5, 0.6) is 0 Å². The minimum Gasteiger partial charge on any atom is -0.366 e. The van der Waals surface area contributed by atoms with E-state index in [0.717, 1.165) is 10.7 Å². The molecule has 0 fully saturated rings. The maximum absolute atomic E-state index is 11.8. The van der Waals surface area contributed by atoms with Gasteiger partial charge in [-0.05, 0) is 31.2 Å². The van der Waals surface area contributed by atoms with Gasteiger partial charge >= 0.3 is 0 Å². The van der Waals surface area contributed by atoms with E-state index in [1.54, 1.807) is 24.3 Å². The SMILES string of the molecule is Cc1nc(CC(=O)Nc2ccc(C(N)=O)cc2)cs1. The monoisotopic (exact) mass is 275 g/mol. The molecule has 2 rings (SSSR count). The molecule has 0 aliphatic carbocycles. The largest absolute Gasteiger partial charge is 0.366 e. The predicted octanol–water partition coefficient (Wildman–Crippen LogP) is 1.73. The van der Waals surface area contributed by atoms with Crippen molar-refractivity contribution >= 4 is 28.8 Å². The highest BCUT2D eigenvalue weighted by atomic mass is 32.1. The number of amides is 2. The second-order valence-electron chi connectivity index (χ2n) is 4.02. The van der Waals surface area contributed by atoms with Crippen LogP contribution in [0.3, 0.4) is 0 Å². The summed E-state index contributed by atoms with van der Waals surface area (Å²) in [5, 5.41) is 5.54. The highest BCUT2D eigenvalue weighted by Gasteiger charge is 2.07. The molecule has 5 nitrogen and oxygen atoms in total. The maximum atomic E-state index is 11.8. The van der Waals surface area contributed by atoms with Crippen LogP contribution in [0.15, 0.2) is 29.6 Å². The quantitative estimate of drug-likeness (QED) is 0.891. The van der Waals surface area contributed by atoms with Gasteiger partial charge in [0.1, 0.15) is 0 Å². The van der Waals surface area contributed by atoms with Crippen LogP contribution < -0.4 is 11.1 Å². The van der Waals surface area contributed by atoms with Crippen molar-refractivity contribution in [2.75, 3.05) is 5.32 Å². The number of hydrogen-bond acceptors (Lipinski definition) is 4. The number of aryl methyl sites for hydroxylation is 1. The normalized spacial score (nSPS) is 10.2. The molecule has 0 radical (unpaired) electrons. The molecule has 19 heavy (non-hydrogen) atoms. The number of thiazole rings is 1. The van der Waals surface area contributed by atoms with E-state index in [1.165, 1.54) is 11.3 Å². The van der Waals surface area contributed by atoms with Gasteiger partial charge in [-0.1, -0.05) is 0 Å². The van der Waals surface area contributed by atoms with Gasteiger partial charge in [-0.3, -0.25) is 9.59 Å². The highest BCUT2D eigenvalue weighted by molar-refractivity contribution is 7.09. The number of carbonyl (C=O) groups excluding carboxylic acids is 2. The lowest BCUT2D eigenvalue weighted by Gasteiger charge is -2.04. The lowest BCUT2D eigenvalue weighted by Crippen LogP contribution is -2.15. The van der Waals surface area contributed by atoms with Gasteiger partial charge in [0.2, 0.25) is 11.8 Å². The molecule has 3 N–H and O–H groups in total. The summed E-state index contributed by atoms with van der Waals surface area (Å²) < 4.78 is 0. The van der Waals surface area contributed by atoms with Gasteiger partial charge < -0.3 is 11.1 Å². The zero-order valence-corrected chi connectivity index (χ0v) is 11.2. The van der Waals surface area contributed by atoms with Gasteiger partial charge in [0, 0.05) is 16.6 Å². The zero-order chi connectivity index (χ0) is 13.8. The summed E-state index contributed by atoms with van der Waals surface area (Å²) in [6, 6.07) is 6.43. The number of primary amides is 1. The summed E-state index contributed by atoms with van der Waals surface area (Å²) in [5.74, 6) is -0.632. The Balaban J connectivity index is 1.97. The molecule has 1 heterocycles. The van der Waals surface area contributed by atoms with E-state index < -0.39 is 5.91 Å². The van der Waals surface area contributed by atoms with Crippen molar-refractivity contribution < 1.29 is 9.59 Å². The Bertz CT molecular complexity index is 605. The van der Waals surface area contributed by atoms with Gasteiger partial charge in [-0.15, -0.1) is 11.3 Å². The minimum absolute atomic E-state index is 0.142. The number of hydrogen-bond donors (Lipinski definition) is 2. The molecule has 0 aliphatic rings. The second kappa shape index (κ2) is 5.62. The predicted molar refractivity (Wildman–Crippen MR) is 74.1 cm³/mol. The summed E-state index contributed by atoms with van der Waals surface area (Å²) in [6.07, 6.45) is 0.238. The van der Waals surface area contributed by atoms with Gasteiger partial charge in [-0.2, -0.15) is 0 Å². The number of aromatic nitrogens is 1. The fourth-order valence-electron chi connectivity index (χ4n) is 1.58. The van der Waals surface area contributed by atoms with E-state index >= 15 is 0 Å². The van der Waals surface area contributed by atoms with E-state index in [9.17, 15) is 9.59 Å². The Morgan fingerprint density at radius 3 is 2.53 bits per heavy atom. The Morgan fingerprint density at radius 2 is 2.00 bits per heavy atom. The Kier molecular flexibility index (Phi) is 3.91. The summed E-state index contributed by atoms with van der Waals surface area (Å²) in [5.41, 5.74) is 6.93. The molecule has 0 atom stereocenters. The molecule has 1 aromatic heterocycles. The van der Waals surface area contributed by atoms with Crippen LogP contribution in [0.1, 0.15) is 21.1 Å². The molecule has 0 bridgehead atoms. The molecule has 0 aliphatic heterocycles. The van der Waals surface area contributed by atoms with Crippen molar-refractivity contribution in [2.24, 2.45) is 5.73 Å². The zero-order valence-electron chi connectivity index (χ0n) is 10.3. The molecule has 0 saturated carbocycles. The topological polar surface area (TPSA) is 85.1 Å². The number of nitrogens with two attached hydrogens (primary N) is 1. The van der Waals surface area contributed by atoms with Crippen LogP contribution >= 0.6 is 11.3 Å². The van der Waals surface area contributed by atoms with E-state index in [2.05, 4.69) is 10.3 Å². The third-order valence-electron chi connectivity index (χ3n) is 2.46. The van der Waals surface area contributed by atoms with Crippen molar-refractivity contribution in [3.05, 3.63) is 45.9 Å². The van der Waals surface area contributed by atoms with Crippen LogP contribution in [-0.4, -0.2) is 16.8 Å². The van der Waals surface area contributed by atoms with E-state index in [0.29, 0.717) is 11.3 Å². The smallest absolute Gasteiger partial charge is 0.248 e. The van der Waals surface area contributed by atoms with E-state index in [1.807, 2.05) is 12.3 Å². The Morgan fingerprint density at radius 1 is 1.32 bits per heavy atom. The van der Waals surface area contributed by atoms with Crippen molar-refractivity contribution in [1.29, 1.82) is 0 Å². The first-order chi connectivity index (χ1) is 9.04. The van der Waals surface area contributed by atoms with Crippen molar-refractivity contribution in [2.45, 2.75) is 13.3 Å². The maximum Gasteiger partial charge on any atom is 0.248 e. The van der Waals surface area contributed by atoms with Crippen molar-refractivity contribution in [1.82, 2.24) is 4.98 Å². The summed E-state index contributed by atoms with van der Waals surface area (Å²) in [7, 11) is 0. The lowest BCUT2D eigenvalue weighted by molar-refractivity contribution is -0.115. The third kappa shape index (κ3) is 3.62. The average molecular weight is 275 g/mol. The lowest BCUT2D eigenvalue weighted by atomic mass is 10.2. The van der Waals surface area contributed by atoms with Crippen LogP contribution in [-0.2, 0) is 11.2 Å². The van der Waals surface area contributed by atoms with Crippen LogP contribution in [0.4, 0.5) is 5.69 Å². The fraction of sp³-hybridized carbons (Fsp3) is 0.154. The number of nitrogens with zero attached hydrogens (tertiary/aromatic N) is 1. The van der Waals surface area contributed by atoms with E-state index in [-0.39, 0.29) is 12.3 Å². The van der Waals surface area contributed by atoms with Gasteiger partial charge in [0.05, 0.1) is 17.1 Å². The first kappa shape index (κ1) is 13.2. The molecule has 0 spiro atoms. The molecule has 98 valence electrons. The number of anilines is 1. The number of rotatable bonds is 4. The molecule has 1 aromatic carbocycles. The van der Waals surface area contributed by atoms with Crippen LogP contribution in [0, 0.1) is 6.92 Å². The summed E-state index contributed by atoms with van der Waals surface area (Å²) in [4.78, 5) is 26.9. The van der Waals surface area contributed by atoms with Crippen LogP contribution in [0.2, 0.25) is 0 Å². The summed E-state index contributed by atoms with van der Waals surface area (Å²) in [6.45, 7) is 1.90. The van der Waals surface area contributed by atoms with Gasteiger partial charge in [0.25, 0.3) is 0 Å². The molecule has 2 aromatic rings. The molecular formula is C13H13N3O2S. The van der Waals surface area contributed by atoms with Crippen LogP contribution in [0.25, 0.3) is 0 Å². The number of benzene rings is 1. The van der Waals surface area contributed by atoms with Gasteiger partial charge in [-0.25, -0.2) is 4.98 Å². The number of nitrogens with one attached hydrogen (secondary N) is 1. The molecule has 2 amide bonds. The minimum atomic E-state index is -0.490. The average Bonchev–Trinajstić information content (AvgIpc) is 2.75. The molecule has 6 heteroatoms. The molecule has 0 unspecified atom stereocenters. The van der Waals surface area contributed by atoms with E-state index in [4.69, 9.17) is 5.73 Å². The Labute approximate surface area is 114 Å². The van der Waals surface area contributed by atoms with Gasteiger partial charge in [0.15, 0.2) is 0 Å². The second-order valence-corrected chi connectivity index (χ2v) is 5.09. The first-order valence-electron chi connectivity index (χ1n) is 5.65. The van der Waals surface area contributed by atoms with Crippen molar-refractivity contribution in [3.8, 4) is 0 Å². The third-order valence-corrected chi connectivity index (χ3v) is 3.28. The molecular weight excluding hydrogens is 262 g/mol. The fourth-order valence-corrected chi connectivity index (χ4v) is 2.19. The highest BCUT2D eigenvalue weighted by Crippen LogP contribution is 2.12. The molecule has 0 saturated heterocycles. The number of carbonyl (C=O) groups is 2. The van der Waals surface area contributed by atoms with Crippen molar-refractivity contribution in [3.63, 3.8) is 0 Å². The Hall–Kier alpha value is -2.21. The summed E-state index contributed by atoms with van der Waals surface area (Å²) >= 11 is 1.52.